The van der Waals surface area contributed by atoms with Crippen LogP contribution in [-0.4, -0.2) is 25.4 Å². The number of nitro benzene ring substituents is 1. The van der Waals surface area contributed by atoms with Crippen molar-refractivity contribution in [1.82, 2.24) is 9.71 Å². The number of nitrogens with zero attached hydrogens (tertiary/aromatic N) is 2. The maximum Gasteiger partial charge on any atom is 0.312 e. The van der Waals surface area contributed by atoms with E-state index >= 15 is 0 Å². The molecule has 2 N–H and O–H groups in total. The summed E-state index contributed by atoms with van der Waals surface area (Å²) in [6, 6.07) is 4.08. The topological polar surface area (TPSA) is 114 Å². The summed E-state index contributed by atoms with van der Waals surface area (Å²) in [4.78, 5) is 14.0. The fourth-order valence-corrected chi connectivity index (χ4v) is 3.53. The third kappa shape index (κ3) is 3.35. The minimum atomic E-state index is -4.01. The van der Waals surface area contributed by atoms with E-state index in [1.165, 1.54) is 36.6 Å². The van der Waals surface area contributed by atoms with Crippen LogP contribution in [0.5, 0.6) is 0 Å². The lowest BCUT2D eigenvalue weighted by atomic mass is 10.3. The molecular weight excluding hydrogens is 316 g/mol. The monoisotopic (exact) mass is 328 g/mol. The normalized spacial score (nSPS) is 11.3. The van der Waals surface area contributed by atoms with Gasteiger partial charge < -0.3 is 5.32 Å². The SMILES string of the molecule is CNc1cccc(S(=O)(=O)NCc2nccs2)c1[N+](=O)[O-]. The molecule has 21 heavy (non-hydrogen) atoms. The fraction of sp³-hybridized carbons (Fsp3) is 0.182. The van der Waals surface area contributed by atoms with Crippen LogP contribution in [0.4, 0.5) is 11.4 Å². The van der Waals surface area contributed by atoms with Crippen LogP contribution in [0.1, 0.15) is 5.01 Å². The number of rotatable bonds is 6. The molecule has 1 aromatic heterocycles. The van der Waals surface area contributed by atoms with Crippen molar-refractivity contribution in [1.29, 1.82) is 0 Å². The van der Waals surface area contributed by atoms with Crippen molar-refractivity contribution < 1.29 is 13.3 Å². The Morgan fingerprint density at radius 2 is 2.19 bits per heavy atom. The Kier molecular flexibility index (Phi) is 4.50. The minimum absolute atomic E-state index is 0.0130. The summed E-state index contributed by atoms with van der Waals surface area (Å²) in [6.45, 7) is -0.0130. The third-order valence-electron chi connectivity index (χ3n) is 2.64. The summed E-state index contributed by atoms with van der Waals surface area (Å²) in [7, 11) is -2.52. The molecule has 0 atom stereocenters. The van der Waals surface area contributed by atoms with Crippen molar-refractivity contribution in [3.8, 4) is 0 Å². The van der Waals surface area contributed by atoms with Gasteiger partial charge in [0.25, 0.3) is 0 Å². The Balaban J connectivity index is 2.37. The Bertz CT molecular complexity index is 744. The number of nitrogens with one attached hydrogen (secondary N) is 2. The van der Waals surface area contributed by atoms with Gasteiger partial charge >= 0.3 is 5.69 Å². The van der Waals surface area contributed by atoms with Crippen LogP contribution in [-0.2, 0) is 16.6 Å². The lowest BCUT2D eigenvalue weighted by molar-refractivity contribution is -0.386. The smallest absolute Gasteiger partial charge is 0.312 e. The van der Waals surface area contributed by atoms with E-state index in [0.29, 0.717) is 5.01 Å². The number of para-hydroxylation sites is 1. The third-order valence-corrected chi connectivity index (χ3v) is 4.85. The number of hydrogen-bond donors (Lipinski definition) is 2. The molecule has 0 saturated carbocycles. The molecule has 0 unspecified atom stereocenters. The van der Waals surface area contributed by atoms with Crippen LogP contribution < -0.4 is 10.0 Å². The molecule has 0 bridgehead atoms. The van der Waals surface area contributed by atoms with Crippen LogP contribution in [0.2, 0.25) is 0 Å². The first kappa shape index (κ1) is 15.4. The largest absolute Gasteiger partial charge is 0.383 e. The molecule has 8 nitrogen and oxygen atoms in total. The van der Waals surface area contributed by atoms with Gasteiger partial charge in [0.15, 0.2) is 4.90 Å². The number of sulfonamides is 1. The van der Waals surface area contributed by atoms with Crippen LogP contribution in [0, 0.1) is 10.1 Å². The average molecular weight is 328 g/mol. The standard InChI is InChI=1S/C11H12N4O4S2/c1-12-8-3-2-4-9(11(8)15(16)17)21(18,19)14-7-10-13-5-6-20-10/h2-6,12,14H,7H2,1H3. The molecule has 112 valence electrons. The van der Waals surface area contributed by atoms with Gasteiger partial charge in [0, 0.05) is 18.6 Å². The molecule has 0 radical (unpaired) electrons. The molecule has 10 heteroatoms. The Hall–Kier alpha value is -2.04. The van der Waals surface area contributed by atoms with Crippen LogP contribution in [0.15, 0.2) is 34.7 Å². The molecule has 0 aliphatic rings. The van der Waals surface area contributed by atoms with Crippen molar-refractivity contribution in [2.75, 3.05) is 12.4 Å². The predicted molar refractivity (Wildman–Crippen MR) is 78.8 cm³/mol. The van der Waals surface area contributed by atoms with Gasteiger partial charge in [-0.1, -0.05) is 6.07 Å². The summed E-state index contributed by atoms with van der Waals surface area (Å²) in [5, 5.41) is 16.0. The van der Waals surface area contributed by atoms with E-state index < -0.39 is 20.6 Å². The second-order valence-corrected chi connectivity index (χ2v) is 6.62. The highest BCUT2D eigenvalue weighted by molar-refractivity contribution is 7.89. The average Bonchev–Trinajstić information content (AvgIpc) is 2.97. The highest BCUT2D eigenvalue weighted by Crippen LogP contribution is 2.31. The first-order chi connectivity index (χ1) is 9.95. The van der Waals surface area contributed by atoms with Crippen molar-refractivity contribution >= 4 is 32.7 Å². The van der Waals surface area contributed by atoms with Gasteiger partial charge in [-0.3, -0.25) is 10.1 Å². The quantitative estimate of drug-likeness (QED) is 0.614. The number of nitro groups is 1. The number of thiazole rings is 1. The number of benzene rings is 1. The van der Waals surface area contributed by atoms with Gasteiger partial charge in [-0.2, -0.15) is 0 Å². The van der Waals surface area contributed by atoms with Crippen molar-refractivity contribution in [3.05, 3.63) is 44.9 Å². The van der Waals surface area contributed by atoms with Gasteiger partial charge in [0.1, 0.15) is 10.7 Å². The Labute approximate surface area is 125 Å². The van der Waals surface area contributed by atoms with E-state index in [1.807, 2.05) is 0 Å². The van der Waals surface area contributed by atoms with Crippen LogP contribution in [0.25, 0.3) is 0 Å². The van der Waals surface area contributed by atoms with Crippen molar-refractivity contribution in [3.63, 3.8) is 0 Å². The van der Waals surface area contributed by atoms with Gasteiger partial charge in [0.05, 0.1) is 11.5 Å². The Morgan fingerprint density at radius 3 is 2.76 bits per heavy atom. The molecule has 0 aliphatic carbocycles. The van der Waals surface area contributed by atoms with E-state index in [-0.39, 0.29) is 17.1 Å². The van der Waals surface area contributed by atoms with E-state index in [9.17, 15) is 18.5 Å². The first-order valence-corrected chi connectivity index (χ1v) is 8.15. The molecule has 0 aliphatic heterocycles. The van der Waals surface area contributed by atoms with Crippen molar-refractivity contribution in [2.45, 2.75) is 11.4 Å². The van der Waals surface area contributed by atoms with Gasteiger partial charge in [0.2, 0.25) is 10.0 Å². The molecule has 2 rings (SSSR count). The summed E-state index contributed by atoms with van der Waals surface area (Å²) in [5.74, 6) is 0. The molecule has 0 fully saturated rings. The summed E-state index contributed by atoms with van der Waals surface area (Å²) >= 11 is 1.29. The summed E-state index contributed by atoms with van der Waals surface area (Å²) in [6.07, 6.45) is 1.55. The van der Waals surface area contributed by atoms with Gasteiger partial charge in [-0.25, -0.2) is 18.1 Å². The summed E-state index contributed by atoms with van der Waals surface area (Å²) < 4.78 is 26.8. The summed E-state index contributed by atoms with van der Waals surface area (Å²) in [5.41, 5.74) is -0.344. The van der Waals surface area contributed by atoms with Crippen LogP contribution >= 0.6 is 11.3 Å². The number of anilines is 1. The molecule has 2 aromatic rings. The lowest BCUT2D eigenvalue weighted by Gasteiger charge is -2.09. The molecular formula is C11H12N4O4S2. The van der Waals surface area contributed by atoms with E-state index in [2.05, 4.69) is 15.0 Å². The van der Waals surface area contributed by atoms with E-state index in [0.717, 1.165) is 0 Å². The second-order valence-electron chi connectivity index (χ2n) is 3.91. The van der Waals surface area contributed by atoms with E-state index in [1.54, 1.807) is 11.6 Å². The Morgan fingerprint density at radius 1 is 1.43 bits per heavy atom. The van der Waals surface area contributed by atoms with Crippen molar-refractivity contribution in [2.24, 2.45) is 0 Å². The molecule has 1 heterocycles. The maximum atomic E-state index is 12.3. The zero-order valence-electron chi connectivity index (χ0n) is 10.9. The highest BCUT2D eigenvalue weighted by Gasteiger charge is 2.28. The van der Waals surface area contributed by atoms with E-state index in [4.69, 9.17) is 0 Å². The highest BCUT2D eigenvalue weighted by atomic mass is 32.2. The van der Waals surface area contributed by atoms with Gasteiger partial charge in [-0.05, 0) is 12.1 Å². The number of aromatic nitrogens is 1. The van der Waals surface area contributed by atoms with Crippen LogP contribution in [0.3, 0.4) is 0 Å². The second kappa shape index (κ2) is 6.16. The fourth-order valence-electron chi connectivity index (χ4n) is 1.70. The molecule has 0 spiro atoms. The molecule has 0 amide bonds. The van der Waals surface area contributed by atoms with Gasteiger partial charge in [-0.15, -0.1) is 11.3 Å². The first-order valence-electron chi connectivity index (χ1n) is 5.79. The molecule has 0 saturated heterocycles. The predicted octanol–water partition coefficient (Wildman–Crippen LogP) is 1.57. The maximum absolute atomic E-state index is 12.3. The lowest BCUT2D eigenvalue weighted by Crippen LogP contribution is -2.24. The zero-order valence-corrected chi connectivity index (χ0v) is 12.6. The zero-order chi connectivity index (χ0) is 15.5. The molecule has 1 aromatic carbocycles. The number of hydrogen-bond acceptors (Lipinski definition) is 7. The minimum Gasteiger partial charge on any atom is -0.383 e.